The number of nitrogens with zero attached hydrogens (tertiary/aromatic N) is 1. The van der Waals surface area contributed by atoms with Crippen LogP contribution < -0.4 is 0 Å². The molecule has 3 aliphatic rings. The second-order valence-electron chi connectivity index (χ2n) is 9.11. The molecule has 0 atom stereocenters. The van der Waals surface area contributed by atoms with E-state index in [1.54, 1.807) is 0 Å². The molecule has 0 radical (unpaired) electrons. The lowest BCUT2D eigenvalue weighted by atomic mass is 9.78. The van der Waals surface area contributed by atoms with E-state index in [9.17, 15) is 10.2 Å². The summed E-state index contributed by atoms with van der Waals surface area (Å²) in [5, 5.41) is 18.5. The summed E-state index contributed by atoms with van der Waals surface area (Å²) in [6.07, 6.45) is 19.9. The zero-order valence-electron chi connectivity index (χ0n) is 16.2. The predicted octanol–water partition coefficient (Wildman–Crippen LogP) is 4.50. The van der Waals surface area contributed by atoms with Crippen molar-refractivity contribution >= 4 is 0 Å². The Morgan fingerprint density at radius 3 is 1.32 bits per heavy atom. The highest BCUT2D eigenvalue weighted by molar-refractivity contribution is 4.91. The fourth-order valence-corrected chi connectivity index (χ4v) is 6.10. The van der Waals surface area contributed by atoms with Gasteiger partial charge in [-0.2, -0.15) is 0 Å². The molecule has 0 bridgehead atoms. The van der Waals surface area contributed by atoms with Gasteiger partial charge < -0.3 is 10.2 Å². The maximum Gasteiger partial charge on any atom is 0.0433 e. The Balaban J connectivity index is 1.60. The molecule has 0 aromatic carbocycles. The highest BCUT2D eigenvalue weighted by atomic mass is 16.3. The molecule has 2 N–H and O–H groups in total. The summed E-state index contributed by atoms with van der Waals surface area (Å²) in [7, 11) is 0. The Bertz CT molecular complexity index is 327. The standard InChI is InChI=1S/C22H41NO2/c24-16-14-18-6-10-21(11-7-18)23(20-4-2-1-3-5-20)22-12-8-19(9-13-22)15-17-25/h18-22,24-25H,1-17H2. The molecule has 3 aliphatic carbocycles. The van der Waals surface area contributed by atoms with Crippen molar-refractivity contribution in [3.63, 3.8) is 0 Å². The van der Waals surface area contributed by atoms with Crippen LogP contribution in [0.5, 0.6) is 0 Å². The number of aliphatic hydroxyl groups is 2. The lowest BCUT2D eigenvalue weighted by Crippen LogP contribution is -2.52. The van der Waals surface area contributed by atoms with Crippen LogP contribution in [0.1, 0.15) is 96.3 Å². The molecule has 3 nitrogen and oxygen atoms in total. The first-order chi connectivity index (χ1) is 12.3. The monoisotopic (exact) mass is 351 g/mol. The summed E-state index contributed by atoms with van der Waals surface area (Å²) in [5.74, 6) is 1.55. The van der Waals surface area contributed by atoms with Crippen LogP contribution in [0.3, 0.4) is 0 Å². The molecule has 0 heterocycles. The molecule has 0 aromatic rings. The van der Waals surface area contributed by atoms with Gasteiger partial charge in [-0.05, 0) is 88.9 Å². The lowest BCUT2D eigenvalue weighted by molar-refractivity contribution is 0.00658. The van der Waals surface area contributed by atoms with Gasteiger partial charge in [0.1, 0.15) is 0 Å². The topological polar surface area (TPSA) is 43.7 Å². The summed E-state index contributed by atoms with van der Waals surface area (Å²) >= 11 is 0. The molecule has 3 rings (SSSR count). The summed E-state index contributed by atoms with van der Waals surface area (Å²) in [6, 6.07) is 2.45. The molecular weight excluding hydrogens is 310 g/mol. The fraction of sp³-hybridized carbons (Fsp3) is 1.00. The molecule has 0 unspecified atom stereocenters. The van der Waals surface area contributed by atoms with Crippen molar-refractivity contribution in [1.29, 1.82) is 0 Å². The van der Waals surface area contributed by atoms with E-state index in [1.807, 2.05) is 0 Å². The van der Waals surface area contributed by atoms with Gasteiger partial charge in [0, 0.05) is 31.3 Å². The van der Waals surface area contributed by atoms with Gasteiger partial charge in [-0.15, -0.1) is 0 Å². The maximum absolute atomic E-state index is 9.24. The first kappa shape index (κ1) is 19.6. The minimum Gasteiger partial charge on any atom is -0.396 e. The quantitative estimate of drug-likeness (QED) is 0.709. The average molecular weight is 352 g/mol. The van der Waals surface area contributed by atoms with Crippen molar-refractivity contribution in [3.05, 3.63) is 0 Å². The number of hydrogen-bond acceptors (Lipinski definition) is 3. The van der Waals surface area contributed by atoms with Crippen molar-refractivity contribution in [1.82, 2.24) is 4.90 Å². The van der Waals surface area contributed by atoms with Crippen LogP contribution in [0.2, 0.25) is 0 Å². The van der Waals surface area contributed by atoms with Crippen LogP contribution in [0.15, 0.2) is 0 Å². The Hall–Kier alpha value is -0.120. The molecule has 3 fully saturated rings. The second-order valence-corrected chi connectivity index (χ2v) is 9.11. The summed E-state index contributed by atoms with van der Waals surface area (Å²) < 4.78 is 0. The van der Waals surface area contributed by atoms with Crippen LogP contribution >= 0.6 is 0 Å². The minimum absolute atomic E-state index is 0.372. The van der Waals surface area contributed by atoms with Gasteiger partial charge in [0.15, 0.2) is 0 Å². The SMILES string of the molecule is OCCC1CCC(N(C2CCCCC2)C2CCC(CCO)CC2)CC1. The summed E-state index contributed by atoms with van der Waals surface area (Å²) in [4.78, 5) is 3.02. The fourth-order valence-electron chi connectivity index (χ4n) is 6.10. The first-order valence-electron chi connectivity index (χ1n) is 11.3. The van der Waals surface area contributed by atoms with Crippen LogP contribution in [0.4, 0.5) is 0 Å². The molecule has 0 aromatic heterocycles. The van der Waals surface area contributed by atoms with Crippen LogP contribution in [0.25, 0.3) is 0 Å². The van der Waals surface area contributed by atoms with Crippen LogP contribution in [-0.4, -0.2) is 46.5 Å². The molecule has 0 saturated heterocycles. The van der Waals surface area contributed by atoms with Gasteiger partial charge in [-0.1, -0.05) is 19.3 Å². The highest BCUT2D eigenvalue weighted by Gasteiger charge is 2.36. The normalized spacial score (nSPS) is 35.2. The number of aliphatic hydroxyl groups excluding tert-OH is 2. The molecule has 146 valence electrons. The Labute approximate surface area is 155 Å². The van der Waals surface area contributed by atoms with Crippen molar-refractivity contribution in [3.8, 4) is 0 Å². The zero-order chi connectivity index (χ0) is 17.5. The van der Waals surface area contributed by atoms with Crippen molar-refractivity contribution in [2.75, 3.05) is 13.2 Å². The third kappa shape index (κ3) is 5.43. The van der Waals surface area contributed by atoms with E-state index >= 15 is 0 Å². The van der Waals surface area contributed by atoms with E-state index in [2.05, 4.69) is 4.90 Å². The molecular formula is C22H41NO2. The highest BCUT2D eigenvalue weighted by Crippen LogP contribution is 2.39. The maximum atomic E-state index is 9.24. The van der Waals surface area contributed by atoms with E-state index in [0.717, 1.165) is 42.8 Å². The van der Waals surface area contributed by atoms with Gasteiger partial charge >= 0.3 is 0 Å². The molecule has 0 amide bonds. The smallest absolute Gasteiger partial charge is 0.0433 e. The van der Waals surface area contributed by atoms with E-state index in [0.29, 0.717) is 13.2 Å². The van der Waals surface area contributed by atoms with Gasteiger partial charge in [0.05, 0.1) is 0 Å². The minimum atomic E-state index is 0.372. The van der Waals surface area contributed by atoms with Crippen molar-refractivity contribution in [2.45, 2.75) is 114 Å². The molecule has 0 spiro atoms. The Kier molecular flexibility index (Phi) is 8.07. The van der Waals surface area contributed by atoms with Crippen LogP contribution in [0, 0.1) is 11.8 Å². The third-order valence-corrected chi connectivity index (χ3v) is 7.55. The Morgan fingerprint density at radius 1 is 0.520 bits per heavy atom. The first-order valence-corrected chi connectivity index (χ1v) is 11.3. The van der Waals surface area contributed by atoms with Crippen molar-refractivity contribution < 1.29 is 10.2 Å². The lowest BCUT2D eigenvalue weighted by Gasteiger charge is -2.49. The van der Waals surface area contributed by atoms with Crippen LogP contribution in [-0.2, 0) is 0 Å². The van der Waals surface area contributed by atoms with E-state index in [1.165, 1.54) is 83.5 Å². The molecule has 0 aliphatic heterocycles. The summed E-state index contributed by atoms with van der Waals surface area (Å²) in [5.41, 5.74) is 0. The number of rotatable bonds is 7. The molecule has 3 heteroatoms. The van der Waals surface area contributed by atoms with E-state index < -0.39 is 0 Å². The van der Waals surface area contributed by atoms with E-state index in [-0.39, 0.29) is 0 Å². The molecule has 25 heavy (non-hydrogen) atoms. The van der Waals surface area contributed by atoms with Gasteiger partial charge in [0.2, 0.25) is 0 Å². The molecule has 3 saturated carbocycles. The van der Waals surface area contributed by atoms with E-state index in [4.69, 9.17) is 0 Å². The zero-order valence-corrected chi connectivity index (χ0v) is 16.2. The van der Waals surface area contributed by atoms with Gasteiger partial charge in [0.25, 0.3) is 0 Å². The average Bonchev–Trinajstić information content (AvgIpc) is 2.66. The Morgan fingerprint density at radius 2 is 0.920 bits per heavy atom. The number of hydrogen-bond donors (Lipinski definition) is 2. The predicted molar refractivity (Wildman–Crippen MR) is 104 cm³/mol. The largest absolute Gasteiger partial charge is 0.396 e. The summed E-state index contributed by atoms with van der Waals surface area (Å²) in [6.45, 7) is 0.743. The second kappa shape index (κ2) is 10.3. The third-order valence-electron chi connectivity index (χ3n) is 7.55. The van der Waals surface area contributed by atoms with Gasteiger partial charge in [-0.3, -0.25) is 4.90 Å². The van der Waals surface area contributed by atoms with Gasteiger partial charge in [-0.25, -0.2) is 0 Å². The van der Waals surface area contributed by atoms with Crippen molar-refractivity contribution in [2.24, 2.45) is 11.8 Å².